The molecule has 4 N–H and O–H groups in total. The molecule has 0 unspecified atom stereocenters. The van der Waals surface area contributed by atoms with Crippen LogP contribution in [0.4, 0.5) is 4.39 Å². The lowest BCUT2D eigenvalue weighted by atomic mass is 10.1. The average molecular weight is 492 g/mol. The zero-order chi connectivity index (χ0) is 18.3. The first-order valence-electron chi connectivity index (χ1n) is 7.69. The van der Waals surface area contributed by atoms with Gasteiger partial charge in [-0.2, -0.15) is 0 Å². The molecule has 26 heavy (non-hydrogen) atoms. The molecule has 0 aliphatic carbocycles. The second-order valence-corrected chi connectivity index (χ2v) is 6.99. The summed E-state index contributed by atoms with van der Waals surface area (Å²) >= 11 is 0. The van der Waals surface area contributed by atoms with E-state index < -0.39 is 10.0 Å². The molecule has 0 heterocycles. The van der Waals surface area contributed by atoms with E-state index in [1.807, 2.05) is 6.07 Å². The molecular formula is C17H22FIN4O2S. The maximum Gasteiger partial charge on any atom is 0.238 e. The molecule has 0 aliphatic heterocycles. The molecule has 2 aromatic carbocycles. The Hall–Kier alpha value is -1.72. The molecule has 2 rings (SSSR count). The highest BCUT2D eigenvalue weighted by molar-refractivity contribution is 14.0. The van der Waals surface area contributed by atoms with Crippen LogP contribution in [0.25, 0.3) is 0 Å². The summed E-state index contributed by atoms with van der Waals surface area (Å²) in [6.07, 6.45) is 0.652. The van der Waals surface area contributed by atoms with Crippen LogP contribution in [0.2, 0.25) is 0 Å². The van der Waals surface area contributed by atoms with Crippen LogP contribution >= 0.6 is 24.0 Å². The number of primary sulfonamides is 1. The third-order valence-corrected chi connectivity index (χ3v) is 4.42. The Labute approximate surface area is 170 Å². The van der Waals surface area contributed by atoms with Crippen molar-refractivity contribution in [2.75, 3.05) is 13.6 Å². The van der Waals surface area contributed by atoms with Crippen molar-refractivity contribution in [3.63, 3.8) is 0 Å². The third-order valence-electron chi connectivity index (χ3n) is 3.51. The molecule has 0 bridgehead atoms. The number of hydrogen-bond donors (Lipinski definition) is 3. The van der Waals surface area contributed by atoms with Crippen molar-refractivity contribution < 1.29 is 12.8 Å². The number of hydrogen-bond acceptors (Lipinski definition) is 3. The van der Waals surface area contributed by atoms with E-state index in [1.54, 1.807) is 25.2 Å². The first kappa shape index (κ1) is 22.3. The largest absolute Gasteiger partial charge is 0.356 e. The van der Waals surface area contributed by atoms with Crippen molar-refractivity contribution >= 4 is 40.0 Å². The van der Waals surface area contributed by atoms with Crippen LogP contribution in [0.15, 0.2) is 58.4 Å². The minimum Gasteiger partial charge on any atom is -0.356 e. The molecule has 0 fully saturated rings. The van der Waals surface area contributed by atoms with E-state index in [4.69, 9.17) is 5.14 Å². The Morgan fingerprint density at radius 3 is 2.46 bits per heavy atom. The van der Waals surface area contributed by atoms with Crippen LogP contribution in [-0.4, -0.2) is 28.0 Å². The Morgan fingerprint density at radius 1 is 1.12 bits per heavy atom. The standard InChI is InChI=1S/C17H21FN4O2S.HI/c1-20-17(21-9-8-13-4-2-6-15(18)10-13)22-12-14-5-3-7-16(11-14)25(19,23)24;/h2-7,10-11H,8-9,12H2,1H3,(H2,19,23,24)(H2,20,21,22);1H. The van der Waals surface area contributed by atoms with Crippen molar-refractivity contribution in [2.45, 2.75) is 17.9 Å². The van der Waals surface area contributed by atoms with Gasteiger partial charge in [-0.15, -0.1) is 24.0 Å². The fourth-order valence-electron chi connectivity index (χ4n) is 2.26. The Morgan fingerprint density at radius 2 is 1.81 bits per heavy atom. The van der Waals surface area contributed by atoms with Crippen molar-refractivity contribution in [1.29, 1.82) is 0 Å². The fourth-order valence-corrected chi connectivity index (χ4v) is 2.84. The third kappa shape index (κ3) is 7.26. The van der Waals surface area contributed by atoms with Crippen LogP contribution in [0.3, 0.4) is 0 Å². The SMILES string of the molecule is CN=C(NCCc1cccc(F)c1)NCc1cccc(S(N)(=O)=O)c1.I. The second kappa shape index (κ2) is 10.4. The number of aliphatic imine (C=N–C) groups is 1. The van der Waals surface area contributed by atoms with E-state index in [0.29, 0.717) is 25.5 Å². The monoisotopic (exact) mass is 492 g/mol. The summed E-state index contributed by atoms with van der Waals surface area (Å²) in [5.41, 5.74) is 1.66. The Kier molecular flexibility index (Phi) is 8.96. The van der Waals surface area contributed by atoms with E-state index in [-0.39, 0.29) is 34.7 Å². The number of sulfonamides is 1. The number of guanidine groups is 1. The number of nitrogens with one attached hydrogen (secondary N) is 2. The average Bonchev–Trinajstić information content (AvgIpc) is 2.57. The van der Waals surface area contributed by atoms with Gasteiger partial charge in [-0.3, -0.25) is 4.99 Å². The van der Waals surface area contributed by atoms with Crippen LogP contribution in [0, 0.1) is 5.82 Å². The molecule has 0 atom stereocenters. The molecule has 0 aromatic heterocycles. The molecule has 0 aliphatic rings. The quantitative estimate of drug-likeness (QED) is 0.327. The molecule has 6 nitrogen and oxygen atoms in total. The molecule has 2 aromatic rings. The van der Waals surface area contributed by atoms with Crippen LogP contribution in [0.5, 0.6) is 0 Å². The molecule has 0 amide bonds. The van der Waals surface area contributed by atoms with Crippen molar-refractivity contribution in [2.24, 2.45) is 10.1 Å². The minimum absolute atomic E-state index is 0. The molecule has 0 saturated carbocycles. The molecular weight excluding hydrogens is 470 g/mol. The summed E-state index contributed by atoms with van der Waals surface area (Å²) in [4.78, 5) is 4.17. The second-order valence-electron chi connectivity index (χ2n) is 5.42. The lowest BCUT2D eigenvalue weighted by Gasteiger charge is -2.12. The predicted octanol–water partition coefficient (Wildman–Crippen LogP) is 2.00. The summed E-state index contributed by atoms with van der Waals surface area (Å²) < 4.78 is 35.9. The van der Waals surface area contributed by atoms with Gasteiger partial charge in [-0.1, -0.05) is 24.3 Å². The lowest BCUT2D eigenvalue weighted by Crippen LogP contribution is -2.37. The van der Waals surface area contributed by atoms with Crippen LogP contribution in [-0.2, 0) is 23.0 Å². The zero-order valence-corrected chi connectivity index (χ0v) is 17.4. The number of halogens is 2. The van der Waals surface area contributed by atoms with Gasteiger partial charge in [-0.25, -0.2) is 17.9 Å². The summed E-state index contributed by atoms with van der Waals surface area (Å²) in [7, 11) is -2.08. The van der Waals surface area contributed by atoms with Crippen molar-refractivity contribution in [1.82, 2.24) is 10.6 Å². The van der Waals surface area contributed by atoms with Gasteiger partial charge in [0.15, 0.2) is 5.96 Å². The van der Waals surface area contributed by atoms with E-state index in [2.05, 4.69) is 15.6 Å². The number of rotatable bonds is 6. The van der Waals surface area contributed by atoms with Gasteiger partial charge in [0, 0.05) is 20.1 Å². The van der Waals surface area contributed by atoms with Crippen molar-refractivity contribution in [3.8, 4) is 0 Å². The van der Waals surface area contributed by atoms with E-state index in [9.17, 15) is 12.8 Å². The van der Waals surface area contributed by atoms with E-state index in [0.717, 1.165) is 11.1 Å². The number of nitrogens with two attached hydrogens (primary N) is 1. The zero-order valence-electron chi connectivity index (χ0n) is 14.3. The van der Waals surface area contributed by atoms with Gasteiger partial charge in [0.05, 0.1) is 4.90 Å². The van der Waals surface area contributed by atoms with E-state index in [1.165, 1.54) is 24.3 Å². The van der Waals surface area contributed by atoms with Crippen LogP contribution in [0.1, 0.15) is 11.1 Å². The fraction of sp³-hybridized carbons (Fsp3) is 0.235. The highest BCUT2D eigenvalue weighted by Gasteiger charge is 2.08. The highest BCUT2D eigenvalue weighted by atomic mass is 127. The topological polar surface area (TPSA) is 96.6 Å². The summed E-state index contributed by atoms with van der Waals surface area (Å²) in [6.45, 7) is 0.976. The molecule has 142 valence electrons. The van der Waals surface area contributed by atoms with Gasteiger partial charge >= 0.3 is 0 Å². The smallest absolute Gasteiger partial charge is 0.238 e. The van der Waals surface area contributed by atoms with Gasteiger partial charge < -0.3 is 10.6 Å². The van der Waals surface area contributed by atoms with Gasteiger partial charge in [0.1, 0.15) is 5.82 Å². The summed E-state index contributed by atoms with van der Waals surface area (Å²) in [5, 5.41) is 11.3. The van der Waals surface area contributed by atoms with Gasteiger partial charge in [0.2, 0.25) is 10.0 Å². The number of benzene rings is 2. The first-order valence-corrected chi connectivity index (χ1v) is 9.24. The minimum atomic E-state index is -3.72. The van der Waals surface area contributed by atoms with E-state index >= 15 is 0 Å². The normalized spacial score (nSPS) is 11.6. The predicted molar refractivity (Wildman–Crippen MR) is 112 cm³/mol. The Balaban J connectivity index is 0.00000338. The van der Waals surface area contributed by atoms with Crippen molar-refractivity contribution in [3.05, 3.63) is 65.5 Å². The molecule has 0 saturated heterocycles. The summed E-state index contributed by atoms with van der Waals surface area (Å²) in [5.74, 6) is 0.312. The molecule has 0 radical (unpaired) electrons. The first-order chi connectivity index (χ1) is 11.9. The molecule has 0 spiro atoms. The lowest BCUT2D eigenvalue weighted by molar-refractivity contribution is 0.597. The molecule has 9 heteroatoms. The number of nitrogens with zero attached hydrogens (tertiary/aromatic N) is 1. The van der Waals surface area contributed by atoms with Crippen LogP contribution < -0.4 is 15.8 Å². The Bertz CT molecular complexity index is 859. The highest BCUT2D eigenvalue weighted by Crippen LogP contribution is 2.09. The maximum atomic E-state index is 13.1. The maximum absolute atomic E-state index is 13.1. The summed E-state index contributed by atoms with van der Waals surface area (Å²) in [6, 6.07) is 12.8. The van der Waals surface area contributed by atoms with Gasteiger partial charge in [-0.05, 0) is 41.8 Å². The van der Waals surface area contributed by atoms with Gasteiger partial charge in [0.25, 0.3) is 0 Å².